The van der Waals surface area contributed by atoms with Crippen LogP contribution in [0, 0.1) is 0 Å². The monoisotopic (exact) mass is 240 g/mol. The molecule has 2 fully saturated rings. The topological polar surface area (TPSA) is 41.6 Å². The summed E-state index contributed by atoms with van der Waals surface area (Å²) in [7, 11) is 0. The van der Waals surface area contributed by atoms with Crippen LogP contribution in [0.1, 0.15) is 39.5 Å². The average Bonchev–Trinajstić information content (AvgIpc) is 2.29. The molecule has 3 atom stereocenters. The summed E-state index contributed by atoms with van der Waals surface area (Å²) in [6.45, 7) is 6.63. The molecule has 0 spiro atoms. The molecule has 0 aromatic carbocycles. The van der Waals surface area contributed by atoms with Crippen LogP contribution in [0.5, 0.6) is 0 Å². The molecule has 0 aromatic heterocycles. The molecule has 0 radical (unpaired) electrons. The number of amides is 1. The van der Waals surface area contributed by atoms with Gasteiger partial charge in [0, 0.05) is 25.6 Å². The number of nitrogens with zero attached hydrogens (tertiary/aromatic N) is 1. The number of piperidine rings is 1. The molecule has 2 saturated heterocycles. The van der Waals surface area contributed by atoms with Crippen LogP contribution in [-0.4, -0.2) is 48.7 Å². The number of nitrogens with one attached hydrogen (secondary N) is 1. The van der Waals surface area contributed by atoms with Gasteiger partial charge in [-0.1, -0.05) is 6.42 Å². The molecule has 1 amide bonds. The number of morpholine rings is 1. The molecule has 0 bridgehead atoms. The van der Waals surface area contributed by atoms with Gasteiger partial charge in [-0.2, -0.15) is 0 Å². The summed E-state index contributed by atoms with van der Waals surface area (Å²) in [4.78, 5) is 14.2. The SMILES string of the molecule is C[C@@H]1CN(C(=O)CC2CCCCN2)C[C@H](C)O1. The summed E-state index contributed by atoms with van der Waals surface area (Å²) >= 11 is 0. The van der Waals surface area contributed by atoms with Gasteiger partial charge in [0.2, 0.25) is 5.91 Å². The second-order valence-electron chi connectivity index (χ2n) is 5.41. The molecular formula is C13H24N2O2. The van der Waals surface area contributed by atoms with E-state index in [1.165, 1.54) is 12.8 Å². The molecule has 2 aliphatic heterocycles. The van der Waals surface area contributed by atoms with Crippen molar-refractivity contribution in [2.24, 2.45) is 0 Å². The van der Waals surface area contributed by atoms with Crippen molar-refractivity contribution in [3.63, 3.8) is 0 Å². The highest BCUT2D eigenvalue weighted by molar-refractivity contribution is 5.77. The standard InChI is InChI=1S/C13H24N2O2/c1-10-8-15(9-11(2)17-10)13(16)7-12-5-3-4-6-14-12/h10-12,14H,3-9H2,1-2H3/t10-,11+,12?. The first-order chi connectivity index (χ1) is 8.15. The van der Waals surface area contributed by atoms with Gasteiger partial charge in [-0.05, 0) is 33.2 Å². The van der Waals surface area contributed by atoms with Crippen LogP contribution in [0.3, 0.4) is 0 Å². The van der Waals surface area contributed by atoms with Crippen LogP contribution in [0.4, 0.5) is 0 Å². The molecule has 1 unspecified atom stereocenters. The molecule has 17 heavy (non-hydrogen) atoms. The highest BCUT2D eigenvalue weighted by atomic mass is 16.5. The molecule has 1 N–H and O–H groups in total. The third-order valence-electron chi connectivity index (χ3n) is 3.61. The van der Waals surface area contributed by atoms with Gasteiger partial charge in [-0.3, -0.25) is 4.79 Å². The molecule has 0 aliphatic carbocycles. The van der Waals surface area contributed by atoms with Gasteiger partial charge < -0.3 is 15.0 Å². The lowest BCUT2D eigenvalue weighted by Crippen LogP contribution is -2.50. The zero-order valence-electron chi connectivity index (χ0n) is 10.9. The van der Waals surface area contributed by atoms with Gasteiger partial charge >= 0.3 is 0 Å². The van der Waals surface area contributed by atoms with Crippen LogP contribution < -0.4 is 5.32 Å². The van der Waals surface area contributed by atoms with Crippen molar-refractivity contribution in [1.29, 1.82) is 0 Å². The maximum atomic E-state index is 12.2. The molecule has 2 heterocycles. The Morgan fingerprint density at radius 3 is 2.59 bits per heavy atom. The van der Waals surface area contributed by atoms with E-state index in [0.29, 0.717) is 12.5 Å². The number of hydrogen-bond acceptors (Lipinski definition) is 3. The second kappa shape index (κ2) is 5.83. The van der Waals surface area contributed by atoms with Crippen LogP contribution >= 0.6 is 0 Å². The first-order valence-electron chi connectivity index (χ1n) is 6.82. The molecule has 0 aromatic rings. The van der Waals surface area contributed by atoms with Gasteiger partial charge in [0.05, 0.1) is 12.2 Å². The van der Waals surface area contributed by atoms with Crippen molar-refractivity contribution in [3.05, 3.63) is 0 Å². The summed E-state index contributed by atoms with van der Waals surface area (Å²) in [5.74, 6) is 0.284. The van der Waals surface area contributed by atoms with E-state index in [2.05, 4.69) is 5.32 Å². The highest BCUT2D eigenvalue weighted by Gasteiger charge is 2.27. The van der Waals surface area contributed by atoms with E-state index in [-0.39, 0.29) is 18.1 Å². The molecule has 98 valence electrons. The van der Waals surface area contributed by atoms with Crippen LogP contribution in [0.25, 0.3) is 0 Å². The fraction of sp³-hybridized carbons (Fsp3) is 0.923. The summed E-state index contributed by atoms with van der Waals surface area (Å²) < 4.78 is 5.65. The van der Waals surface area contributed by atoms with Crippen LogP contribution in [0.2, 0.25) is 0 Å². The molecule has 4 nitrogen and oxygen atoms in total. The Labute approximate surface area is 104 Å². The first kappa shape index (κ1) is 12.8. The quantitative estimate of drug-likeness (QED) is 0.787. The van der Waals surface area contributed by atoms with Gasteiger partial charge in [-0.15, -0.1) is 0 Å². The van der Waals surface area contributed by atoms with E-state index in [4.69, 9.17) is 4.74 Å². The Kier molecular flexibility index (Phi) is 4.40. The number of ether oxygens (including phenoxy) is 1. The van der Waals surface area contributed by atoms with Crippen molar-refractivity contribution in [2.45, 2.75) is 57.8 Å². The van der Waals surface area contributed by atoms with Crippen LogP contribution in [-0.2, 0) is 9.53 Å². The Bertz CT molecular complexity index is 254. The molecule has 0 saturated carbocycles. The second-order valence-corrected chi connectivity index (χ2v) is 5.41. The van der Waals surface area contributed by atoms with E-state index in [1.807, 2.05) is 18.7 Å². The Hall–Kier alpha value is -0.610. The normalized spacial score (nSPS) is 34.7. The largest absolute Gasteiger partial charge is 0.372 e. The predicted octanol–water partition coefficient (Wildman–Crippen LogP) is 1.15. The third kappa shape index (κ3) is 3.68. The fourth-order valence-electron chi connectivity index (χ4n) is 2.82. The third-order valence-corrected chi connectivity index (χ3v) is 3.61. The minimum Gasteiger partial charge on any atom is -0.372 e. The lowest BCUT2D eigenvalue weighted by Gasteiger charge is -2.36. The zero-order chi connectivity index (χ0) is 12.3. The summed E-state index contributed by atoms with van der Waals surface area (Å²) in [5.41, 5.74) is 0. The maximum Gasteiger partial charge on any atom is 0.224 e. The number of carbonyl (C=O) groups is 1. The van der Waals surface area contributed by atoms with Gasteiger partial charge in [0.25, 0.3) is 0 Å². The van der Waals surface area contributed by atoms with Gasteiger partial charge in [0.1, 0.15) is 0 Å². The Morgan fingerprint density at radius 2 is 2.00 bits per heavy atom. The van der Waals surface area contributed by atoms with Crippen molar-refractivity contribution in [2.75, 3.05) is 19.6 Å². The van der Waals surface area contributed by atoms with E-state index >= 15 is 0 Å². The molecular weight excluding hydrogens is 216 g/mol. The lowest BCUT2D eigenvalue weighted by molar-refractivity contribution is -0.143. The molecule has 4 heteroatoms. The van der Waals surface area contributed by atoms with E-state index in [0.717, 1.165) is 26.1 Å². The van der Waals surface area contributed by atoms with Crippen molar-refractivity contribution < 1.29 is 9.53 Å². The summed E-state index contributed by atoms with van der Waals surface area (Å²) in [6, 6.07) is 0.393. The minimum atomic E-state index is 0.169. The Morgan fingerprint density at radius 1 is 1.29 bits per heavy atom. The average molecular weight is 240 g/mol. The minimum absolute atomic E-state index is 0.169. The highest BCUT2D eigenvalue weighted by Crippen LogP contribution is 2.15. The van der Waals surface area contributed by atoms with Gasteiger partial charge in [-0.25, -0.2) is 0 Å². The van der Waals surface area contributed by atoms with Crippen molar-refractivity contribution >= 4 is 5.91 Å². The smallest absolute Gasteiger partial charge is 0.224 e. The number of carbonyl (C=O) groups excluding carboxylic acids is 1. The number of rotatable bonds is 2. The maximum absolute atomic E-state index is 12.2. The molecule has 2 rings (SSSR count). The van der Waals surface area contributed by atoms with E-state index < -0.39 is 0 Å². The van der Waals surface area contributed by atoms with E-state index in [1.54, 1.807) is 0 Å². The van der Waals surface area contributed by atoms with E-state index in [9.17, 15) is 4.79 Å². The number of hydrogen-bond donors (Lipinski definition) is 1. The van der Waals surface area contributed by atoms with Crippen LogP contribution in [0.15, 0.2) is 0 Å². The zero-order valence-corrected chi connectivity index (χ0v) is 10.9. The predicted molar refractivity (Wildman–Crippen MR) is 66.8 cm³/mol. The summed E-state index contributed by atoms with van der Waals surface area (Å²) in [5, 5.41) is 3.43. The molecule has 2 aliphatic rings. The Balaban J connectivity index is 1.81. The van der Waals surface area contributed by atoms with Gasteiger partial charge in [0.15, 0.2) is 0 Å². The first-order valence-corrected chi connectivity index (χ1v) is 6.82. The lowest BCUT2D eigenvalue weighted by atomic mass is 10.0. The van der Waals surface area contributed by atoms with Crippen molar-refractivity contribution in [1.82, 2.24) is 10.2 Å². The fourth-order valence-corrected chi connectivity index (χ4v) is 2.82. The van der Waals surface area contributed by atoms with Crippen molar-refractivity contribution in [3.8, 4) is 0 Å². The summed E-state index contributed by atoms with van der Waals surface area (Å²) in [6.07, 6.45) is 4.63.